The maximum atomic E-state index is 10.4. The molecule has 0 aliphatic carbocycles. The van der Waals surface area contributed by atoms with Gasteiger partial charge in [-0.3, -0.25) is 4.79 Å². The van der Waals surface area contributed by atoms with Crippen LogP contribution in [0.5, 0.6) is 0 Å². The Morgan fingerprint density at radius 2 is 2.44 bits per heavy atom. The molecule has 4 nitrogen and oxygen atoms in total. The first kappa shape index (κ1) is 7.94. The highest BCUT2D eigenvalue weighted by Gasteiger charge is 1.95. The smallest absolute Gasteiger partial charge is 0.308 e. The van der Waals surface area contributed by atoms with Crippen molar-refractivity contribution in [2.75, 3.05) is 13.6 Å². The summed E-state index contributed by atoms with van der Waals surface area (Å²) >= 11 is 0. The third-order valence-electron chi connectivity index (χ3n) is 0.650. The van der Waals surface area contributed by atoms with Crippen molar-refractivity contribution in [1.29, 1.82) is 0 Å². The molecule has 52 valence electrons. The van der Waals surface area contributed by atoms with Crippen LogP contribution in [0.4, 0.5) is 0 Å². The van der Waals surface area contributed by atoms with Crippen molar-refractivity contribution in [3.05, 3.63) is 5.21 Å². The molecule has 0 rings (SSSR count). The highest BCUT2D eigenvalue weighted by molar-refractivity contribution is 6.24. The molecule has 1 N–H and O–H groups in total. The third-order valence-corrected chi connectivity index (χ3v) is 0.650. The summed E-state index contributed by atoms with van der Waals surface area (Å²) < 4.78 is 0.463. The van der Waals surface area contributed by atoms with Crippen LogP contribution in [0.25, 0.3) is 0 Å². The van der Waals surface area contributed by atoms with Gasteiger partial charge in [-0.2, -0.15) is 0 Å². The molecule has 9 heavy (non-hydrogen) atoms. The second kappa shape index (κ2) is 3.88. The fourth-order valence-corrected chi connectivity index (χ4v) is 0.385. The maximum absolute atomic E-state index is 10.4. The van der Waals surface area contributed by atoms with Gasteiger partial charge >= 0.3 is 5.91 Å². The van der Waals surface area contributed by atoms with Gasteiger partial charge in [0.25, 0.3) is 0 Å². The van der Waals surface area contributed by atoms with Crippen molar-refractivity contribution in [3.63, 3.8) is 0 Å². The Morgan fingerprint density at radius 3 is 2.78 bits per heavy atom. The van der Waals surface area contributed by atoms with E-state index in [9.17, 15) is 10.0 Å². The lowest BCUT2D eigenvalue weighted by molar-refractivity contribution is -0.416. The number of carbonyl (C=O) groups is 1. The predicted octanol–water partition coefficient (Wildman–Crippen LogP) is -0.667. The molecule has 0 aliphatic heterocycles. The summed E-state index contributed by atoms with van der Waals surface area (Å²) in [5.41, 5.74) is 0. The highest BCUT2D eigenvalue weighted by atomic mass is 16.5. The Kier molecular flexibility index (Phi) is 3.43. The Morgan fingerprint density at radius 1 is 1.89 bits per heavy atom. The molecule has 0 aromatic heterocycles. The summed E-state index contributed by atoms with van der Waals surface area (Å²) in [6.45, 7) is 2.33. The first-order valence-electron chi connectivity index (χ1n) is 2.69. The van der Waals surface area contributed by atoms with E-state index in [0.29, 0.717) is 11.3 Å². The average Bonchev–Trinajstić information content (AvgIpc) is 1.63. The standard InChI is InChI=1S/C5H10N2O2/c1-3-6-5(8)4-7(2)9/h4H,3H2,1-2H3,(H,6,8)/b7-4-. The molecule has 0 saturated carbocycles. The second-order valence-electron chi connectivity index (χ2n) is 1.57. The molecule has 0 aromatic carbocycles. The minimum absolute atomic E-state index is 0.352. The van der Waals surface area contributed by atoms with Crippen LogP contribution >= 0.6 is 0 Å². The van der Waals surface area contributed by atoms with Crippen LogP contribution in [0, 0.1) is 5.21 Å². The van der Waals surface area contributed by atoms with Gasteiger partial charge in [-0.25, -0.2) is 4.74 Å². The molecular formula is C5H10N2O2. The van der Waals surface area contributed by atoms with Gasteiger partial charge < -0.3 is 10.5 Å². The third kappa shape index (κ3) is 4.80. The summed E-state index contributed by atoms with van der Waals surface area (Å²) in [5, 5.41) is 12.6. The number of hydrogen-bond acceptors (Lipinski definition) is 2. The van der Waals surface area contributed by atoms with E-state index in [2.05, 4.69) is 5.32 Å². The summed E-state index contributed by atoms with van der Waals surface area (Å²) in [6, 6.07) is 0. The van der Waals surface area contributed by atoms with E-state index < -0.39 is 0 Å². The molecule has 0 radical (unpaired) electrons. The lowest BCUT2D eigenvalue weighted by Crippen LogP contribution is -2.26. The Hall–Kier alpha value is -1.06. The van der Waals surface area contributed by atoms with Gasteiger partial charge in [0.2, 0.25) is 6.21 Å². The molecule has 0 saturated heterocycles. The first-order chi connectivity index (χ1) is 4.16. The van der Waals surface area contributed by atoms with Gasteiger partial charge in [0.1, 0.15) is 7.05 Å². The molecule has 0 aromatic rings. The maximum Gasteiger partial charge on any atom is 0.308 e. The van der Waals surface area contributed by atoms with E-state index in [1.54, 1.807) is 6.92 Å². The lowest BCUT2D eigenvalue weighted by atomic mass is 10.6. The number of hydrogen-bond donors (Lipinski definition) is 1. The summed E-state index contributed by atoms with van der Waals surface area (Å²) in [7, 11) is 1.26. The Balaban J connectivity index is 3.63. The SMILES string of the molecule is CCNC(=O)/C=[N+](/C)[O-]. The summed E-state index contributed by atoms with van der Waals surface area (Å²) in [5.74, 6) is -0.352. The topological polar surface area (TPSA) is 55.2 Å². The quantitative estimate of drug-likeness (QED) is 0.233. The van der Waals surface area contributed by atoms with Crippen LogP contribution in [0.1, 0.15) is 6.92 Å². The molecule has 0 atom stereocenters. The first-order valence-corrected chi connectivity index (χ1v) is 2.69. The van der Waals surface area contributed by atoms with Crippen LogP contribution < -0.4 is 5.32 Å². The second-order valence-corrected chi connectivity index (χ2v) is 1.57. The Bertz CT molecular complexity index is 127. The molecule has 0 aliphatic rings. The molecule has 1 amide bonds. The van der Waals surface area contributed by atoms with Crippen molar-refractivity contribution in [2.24, 2.45) is 0 Å². The summed E-state index contributed by atoms with van der Waals surface area (Å²) in [6.07, 6.45) is 0.948. The van der Waals surface area contributed by atoms with Crippen LogP contribution in [0.3, 0.4) is 0 Å². The van der Waals surface area contributed by atoms with E-state index in [4.69, 9.17) is 0 Å². The van der Waals surface area contributed by atoms with Gasteiger partial charge in [0.05, 0.1) is 0 Å². The number of nitrogens with one attached hydrogen (secondary N) is 1. The average molecular weight is 130 g/mol. The molecule has 0 spiro atoms. The van der Waals surface area contributed by atoms with Gasteiger partial charge in [0.15, 0.2) is 0 Å². The number of hydroxylamine groups is 1. The van der Waals surface area contributed by atoms with Crippen LogP contribution in [0.15, 0.2) is 0 Å². The zero-order valence-corrected chi connectivity index (χ0v) is 5.55. The number of carbonyl (C=O) groups excluding carboxylic acids is 1. The highest BCUT2D eigenvalue weighted by Crippen LogP contribution is 1.59. The lowest BCUT2D eigenvalue weighted by Gasteiger charge is -1.94. The van der Waals surface area contributed by atoms with E-state index in [1.165, 1.54) is 7.05 Å². The molecule has 0 bridgehead atoms. The van der Waals surface area contributed by atoms with Gasteiger partial charge in [-0.1, -0.05) is 0 Å². The van der Waals surface area contributed by atoms with Crippen molar-refractivity contribution in [1.82, 2.24) is 5.32 Å². The molecule has 0 heterocycles. The van der Waals surface area contributed by atoms with Crippen molar-refractivity contribution in [2.45, 2.75) is 6.92 Å². The Labute approximate surface area is 53.8 Å². The minimum atomic E-state index is -0.352. The van der Waals surface area contributed by atoms with Crippen LogP contribution in [-0.4, -0.2) is 30.5 Å². The van der Waals surface area contributed by atoms with Crippen LogP contribution in [0.2, 0.25) is 0 Å². The number of rotatable bonds is 2. The minimum Gasteiger partial charge on any atom is -0.624 e. The molecule has 4 heteroatoms. The van der Waals surface area contributed by atoms with Crippen LogP contribution in [-0.2, 0) is 4.79 Å². The monoisotopic (exact) mass is 130 g/mol. The van der Waals surface area contributed by atoms with Gasteiger partial charge in [-0.15, -0.1) is 0 Å². The van der Waals surface area contributed by atoms with E-state index in [1.807, 2.05) is 0 Å². The molecule has 0 fully saturated rings. The fourth-order valence-electron chi connectivity index (χ4n) is 0.385. The largest absolute Gasteiger partial charge is 0.624 e. The normalized spacial score (nSPS) is 11.1. The van der Waals surface area contributed by atoms with Gasteiger partial charge in [-0.05, 0) is 6.92 Å². The number of nitrogens with zero attached hydrogens (tertiary/aromatic N) is 1. The van der Waals surface area contributed by atoms with Crippen molar-refractivity contribution in [3.8, 4) is 0 Å². The number of amides is 1. The summed E-state index contributed by atoms with van der Waals surface area (Å²) in [4.78, 5) is 10.4. The molecular weight excluding hydrogens is 120 g/mol. The van der Waals surface area contributed by atoms with Crippen molar-refractivity contribution < 1.29 is 9.53 Å². The fraction of sp³-hybridized carbons (Fsp3) is 0.600. The predicted molar refractivity (Wildman–Crippen MR) is 34.3 cm³/mol. The van der Waals surface area contributed by atoms with Gasteiger partial charge in [0, 0.05) is 6.54 Å². The van der Waals surface area contributed by atoms with E-state index >= 15 is 0 Å². The molecule has 0 unspecified atom stereocenters. The van der Waals surface area contributed by atoms with E-state index in [0.717, 1.165) is 6.21 Å². The zero-order valence-electron chi connectivity index (χ0n) is 5.55. The van der Waals surface area contributed by atoms with Crippen molar-refractivity contribution >= 4 is 12.1 Å². The van der Waals surface area contributed by atoms with E-state index in [-0.39, 0.29) is 5.91 Å². The zero-order chi connectivity index (χ0) is 7.28.